The van der Waals surface area contributed by atoms with Crippen molar-refractivity contribution in [1.29, 1.82) is 0 Å². The third-order valence-corrected chi connectivity index (χ3v) is 3.11. The highest BCUT2D eigenvalue weighted by Gasteiger charge is 2.19. The molecule has 2 atom stereocenters. The first kappa shape index (κ1) is 11.2. The summed E-state index contributed by atoms with van der Waals surface area (Å²) in [5, 5.41) is 5.15. The van der Waals surface area contributed by atoms with Crippen molar-refractivity contribution in [2.45, 2.75) is 32.4 Å². The molecule has 0 radical (unpaired) electrons. The number of hydrogen-bond donors (Lipinski definition) is 2. The summed E-state index contributed by atoms with van der Waals surface area (Å²) in [5.74, 6) is -0.312. The molecule has 4 heteroatoms. The largest absolute Gasteiger partial charge is 0.368 e. The summed E-state index contributed by atoms with van der Waals surface area (Å²) in [6, 6.07) is 3.81. The fourth-order valence-electron chi connectivity index (χ4n) is 1.16. The quantitative estimate of drug-likeness (QED) is 0.780. The van der Waals surface area contributed by atoms with E-state index in [1.165, 1.54) is 0 Å². The van der Waals surface area contributed by atoms with Crippen molar-refractivity contribution >= 4 is 17.2 Å². The SMILES string of the molecule is CCC(C)NC(C(N)=O)c1cccs1. The maximum Gasteiger partial charge on any atom is 0.240 e. The Kier molecular flexibility index (Phi) is 4.10. The van der Waals surface area contributed by atoms with E-state index in [2.05, 4.69) is 12.2 Å². The summed E-state index contributed by atoms with van der Waals surface area (Å²) < 4.78 is 0. The molecule has 3 N–H and O–H groups in total. The molecule has 1 aromatic rings. The van der Waals surface area contributed by atoms with Crippen LogP contribution in [0.3, 0.4) is 0 Å². The molecule has 0 aromatic carbocycles. The van der Waals surface area contributed by atoms with Crippen LogP contribution in [-0.4, -0.2) is 11.9 Å². The van der Waals surface area contributed by atoms with Crippen LogP contribution in [0.25, 0.3) is 0 Å². The van der Waals surface area contributed by atoms with Crippen LogP contribution >= 0.6 is 11.3 Å². The van der Waals surface area contributed by atoms with Crippen LogP contribution in [-0.2, 0) is 4.79 Å². The highest BCUT2D eigenvalue weighted by Crippen LogP contribution is 2.19. The van der Waals surface area contributed by atoms with Gasteiger partial charge < -0.3 is 5.73 Å². The number of rotatable bonds is 5. The Morgan fingerprint density at radius 1 is 1.71 bits per heavy atom. The number of hydrogen-bond acceptors (Lipinski definition) is 3. The molecule has 78 valence electrons. The van der Waals surface area contributed by atoms with Crippen LogP contribution in [0.1, 0.15) is 31.2 Å². The van der Waals surface area contributed by atoms with E-state index in [9.17, 15) is 4.79 Å². The van der Waals surface area contributed by atoms with Gasteiger partial charge in [0.05, 0.1) is 0 Å². The molecule has 0 bridgehead atoms. The zero-order chi connectivity index (χ0) is 10.6. The Hall–Kier alpha value is -0.870. The van der Waals surface area contributed by atoms with E-state index in [0.29, 0.717) is 6.04 Å². The molecule has 1 rings (SSSR count). The monoisotopic (exact) mass is 212 g/mol. The molecule has 1 aromatic heterocycles. The van der Waals surface area contributed by atoms with Gasteiger partial charge in [-0.1, -0.05) is 13.0 Å². The Morgan fingerprint density at radius 2 is 2.43 bits per heavy atom. The predicted octanol–water partition coefficient (Wildman–Crippen LogP) is 1.66. The van der Waals surface area contributed by atoms with E-state index in [1.807, 2.05) is 24.4 Å². The maximum absolute atomic E-state index is 11.2. The summed E-state index contributed by atoms with van der Waals surface area (Å²) in [6.45, 7) is 4.12. The zero-order valence-corrected chi connectivity index (χ0v) is 9.30. The number of thiophene rings is 1. The minimum absolute atomic E-state index is 0.301. The lowest BCUT2D eigenvalue weighted by molar-refractivity contribution is -0.120. The molecular formula is C10H16N2OS. The van der Waals surface area contributed by atoms with E-state index in [0.717, 1.165) is 11.3 Å². The molecule has 0 saturated heterocycles. The summed E-state index contributed by atoms with van der Waals surface area (Å²) in [4.78, 5) is 12.2. The van der Waals surface area contributed by atoms with E-state index < -0.39 is 0 Å². The second-order valence-corrected chi connectivity index (χ2v) is 4.31. The van der Waals surface area contributed by atoms with Crippen molar-refractivity contribution < 1.29 is 4.79 Å². The number of carbonyl (C=O) groups excluding carboxylic acids is 1. The summed E-state index contributed by atoms with van der Waals surface area (Å²) in [7, 11) is 0. The molecule has 0 fully saturated rings. The first-order valence-corrected chi connectivity index (χ1v) is 5.62. The minimum Gasteiger partial charge on any atom is -0.368 e. The maximum atomic E-state index is 11.2. The number of carbonyl (C=O) groups is 1. The van der Waals surface area contributed by atoms with Gasteiger partial charge in [0.25, 0.3) is 0 Å². The lowest BCUT2D eigenvalue weighted by Gasteiger charge is -2.18. The molecule has 3 nitrogen and oxygen atoms in total. The number of primary amides is 1. The van der Waals surface area contributed by atoms with Gasteiger partial charge in [-0.2, -0.15) is 0 Å². The van der Waals surface area contributed by atoms with E-state index >= 15 is 0 Å². The van der Waals surface area contributed by atoms with Crippen LogP contribution in [0.4, 0.5) is 0 Å². The highest BCUT2D eigenvalue weighted by atomic mass is 32.1. The average Bonchev–Trinajstić information content (AvgIpc) is 2.65. The van der Waals surface area contributed by atoms with Gasteiger partial charge in [0.1, 0.15) is 6.04 Å². The second kappa shape index (κ2) is 5.12. The molecule has 2 unspecified atom stereocenters. The van der Waals surface area contributed by atoms with Gasteiger partial charge in [-0.05, 0) is 24.8 Å². The molecule has 0 aliphatic rings. The molecular weight excluding hydrogens is 196 g/mol. The van der Waals surface area contributed by atoms with E-state index in [4.69, 9.17) is 5.73 Å². The molecule has 0 saturated carbocycles. The first-order valence-electron chi connectivity index (χ1n) is 4.74. The van der Waals surface area contributed by atoms with Gasteiger partial charge in [0.15, 0.2) is 0 Å². The number of nitrogens with one attached hydrogen (secondary N) is 1. The standard InChI is InChI=1S/C10H16N2OS/c1-3-7(2)12-9(10(11)13)8-5-4-6-14-8/h4-7,9,12H,3H2,1-2H3,(H2,11,13). The van der Waals surface area contributed by atoms with Crippen molar-refractivity contribution in [3.63, 3.8) is 0 Å². The van der Waals surface area contributed by atoms with Crippen LogP contribution < -0.4 is 11.1 Å². The van der Waals surface area contributed by atoms with Crippen molar-refractivity contribution in [3.05, 3.63) is 22.4 Å². The van der Waals surface area contributed by atoms with Crippen molar-refractivity contribution in [2.24, 2.45) is 5.73 Å². The number of nitrogens with two attached hydrogens (primary N) is 1. The smallest absolute Gasteiger partial charge is 0.240 e. The summed E-state index contributed by atoms with van der Waals surface area (Å²) in [6.07, 6.45) is 0.981. The van der Waals surface area contributed by atoms with E-state index in [1.54, 1.807) is 11.3 Å². The van der Waals surface area contributed by atoms with Crippen LogP contribution in [0, 0.1) is 0 Å². The predicted molar refractivity (Wildman–Crippen MR) is 59.1 cm³/mol. The third-order valence-electron chi connectivity index (χ3n) is 2.18. The van der Waals surface area contributed by atoms with Gasteiger partial charge in [0.2, 0.25) is 5.91 Å². The van der Waals surface area contributed by atoms with E-state index in [-0.39, 0.29) is 11.9 Å². The number of amides is 1. The topological polar surface area (TPSA) is 55.1 Å². The van der Waals surface area contributed by atoms with Gasteiger partial charge in [-0.3, -0.25) is 10.1 Å². The Morgan fingerprint density at radius 3 is 2.86 bits per heavy atom. The Labute approximate surface area is 88.3 Å². The average molecular weight is 212 g/mol. The normalized spacial score (nSPS) is 15.0. The van der Waals surface area contributed by atoms with Gasteiger partial charge in [-0.25, -0.2) is 0 Å². The molecule has 0 spiro atoms. The Balaban J connectivity index is 2.71. The molecule has 14 heavy (non-hydrogen) atoms. The molecule has 1 amide bonds. The van der Waals surface area contributed by atoms with Gasteiger partial charge >= 0.3 is 0 Å². The molecule has 0 aliphatic heterocycles. The highest BCUT2D eigenvalue weighted by molar-refractivity contribution is 7.10. The van der Waals surface area contributed by atoms with Crippen molar-refractivity contribution in [3.8, 4) is 0 Å². The van der Waals surface area contributed by atoms with Crippen LogP contribution in [0.5, 0.6) is 0 Å². The second-order valence-electron chi connectivity index (χ2n) is 3.33. The molecule has 1 heterocycles. The fourth-order valence-corrected chi connectivity index (χ4v) is 1.95. The summed E-state index contributed by atoms with van der Waals surface area (Å²) in [5.41, 5.74) is 5.34. The van der Waals surface area contributed by atoms with Crippen LogP contribution in [0.15, 0.2) is 17.5 Å². The lowest BCUT2D eigenvalue weighted by Crippen LogP contribution is -2.37. The lowest BCUT2D eigenvalue weighted by atomic mass is 10.1. The fraction of sp³-hybridized carbons (Fsp3) is 0.500. The zero-order valence-electron chi connectivity index (χ0n) is 8.49. The van der Waals surface area contributed by atoms with Crippen molar-refractivity contribution in [1.82, 2.24) is 5.32 Å². The molecule has 0 aliphatic carbocycles. The van der Waals surface area contributed by atoms with Gasteiger partial charge in [0, 0.05) is 10.9 Å². The Bertz CT molecular complexity index is 284. The van der Waals surface area contributed by atoms with Gasteiger partial charge in [-0.15, -0.1) is 11.3 Å². The van der Waals surface area contributed by atoms with Crippen LogP contribution in [0.2, 0.25) is 0 Å². The third kappa shape index (κ3) is 2.82. The minimum atomic E-state index is -0.343. The first-order chi connectivity index (χ1) is 6.65. The summed E-state index contributed by atoms with van der Waals surface area (Å²) >= 11 is 1.55. The van der Waals surface area contributed by atoms with Crippen molar-refractivity contribution in [2.75, 3.05) is 0 Å².